The first-order chi connectivity index (χ1) is 7.83. The van der Waals surface area contributed by atoms with Gasteiger partial charge in [0.2, 0.25) is 0 Å². The first kappa shape index (κ1) is 12.7. The van der Waals surface area contributed by atoms with Gasteiger partial charge in [0.15, 0.2) is 0 Å². The van der Waals surface area contributed by atoms with Crippen LogP contribution in [0.5, 0.6) is 0 Å². The van der Waals surface area contributed by atoms with E-state index in [1.165, 1.54) is 0 Å². The van der Waals surface area contributed by atoms with Crippen LogP contribution < -0.4 is 5.73 Å². The number of rotatable bonds is 1. The van der Waals surface area contributed by atoms with Gasteiger partial charge in [-0.2, -0.15) is 0 Å². The second-order valence-electron chi connectivity index (χ2n) is 5.70. The molecular formula is C14H21F2N. The van der Waals surface area contributed by atoms with E-state index in [1.54, 1.807) is 0 Å². The van der Waals surface area contributed by atoms with Gasteiger partial charge in [-0.15, -0.1) is 0 Å². The summed E-state index contributed by atoms with van der Waals surface area (Å²) >= 11 is 0. The van der Waals surface area contributed by atoms with Crippen molar-refractivity contribution in [1.29, 1.82) is 0 Å². The Hall–Kier alpha value is -0.700. The Kier molecular flexibility index (Phi) is 2.93. The third-order valence-electron chi connectivity index (χ3n) is 4.83. The van der Waals surface area contributed by atoms with Crippen LogP contribution in [0.15, 0.2) is 23.8 Å². The smallest absolute Gasteiger partial charge is 0.266 e. The van der Waals surface area contributed by atoms with Crippen molar-refractivity contribution in [2.75, 3.05) is 0 Å². The SMILES string of the molecule is CC1=CC=CCC1(C)[C@@]1(N)CCCCC1(F)F. The van der Waals surface area contributed by atoms with Gasteiger partial charge in [0.1, 0.15) is 0 Å². The lowest BCUT2D eigenvalue weighted by molar-refractivity contribution is -0.140. The summed E-state index contributed by atoms with van der Waals surface area (Å²) in [5, 5.41) is 0. The van der Waals surface area contributed by atoms with Gasteiger partial charge in [-0.3, -0.25) is 0 Å². The highest BCUT2D eigenvalue weighted by Crippen LogP contribution is 2.54. The zero-order chi connectivity index (χ0) is 12.7. The summed E-state index contributed by atoms with van der Waals surface area (Å²) in [4.78, 5) is 0. The fourth-order valence-corrected chi connectivity index (χ4v) is 3.23. The maximum atomic E-state index is 14.3. The second-order valence-corrected chi connectivity index (χ2v) is 5.70. The Morgan fingerprint density at radius 1 is 1.24 bits per heavy atom. The summed E-state index contributed by atoms with van der Waals surface area (Å²) in [6, 6.07) is 0. The maximum absolute atomic E-state index is 14.3. The first-order valence-electron chi connectivity index (χ1n) is 6.34. The molecule has 0 spiro atoms. The minimum atomic E-state index is -2.76. The van der Waals surface area contributed by atoms with Gasteiger partial charge in [0.05, 0.1) is 5.54 Å². The highest BCUT2D eigenvalue weighted by molar-refractivity contribution is 5.31. The Balaban J connectivity index is 2.43. The van der Waals surface area contributed by atoms with Gasteiger partial charge in [-0.1, -0.05) is 37.1 Å². The topological polar surface area (TPSA) is 26.0 Å². The van der Waals surface area contributed by atoms with E-state index in [0.29, 0.717) is 19.3 Å². The molecule has 0 aromatic carbocycles. The van der Waals surface area contributed by atoms with Gasteiger partial charge in [0, 0.05) is 11.8 Å². The zero-order valence-corrected chi connectivity index (χ0v) is 10.6. The van der Waals surface area contributed by atoms with Crippen molar-refractivity contribution in [3.63, 3.8) is 0 Å². The fourth-order valence-electron chi connectivity index (χ4n) is 3.23. The van der Waals surface area contributed by atoms with E-state index >= 15 is 0 Å². The van der Waals surface area contributed by atoms with Crippen molar-refractivity contribution in [3.8, 4) is 0 Å². The number of halogens is 2. The fraction of sp³-hybridized carbons (Fsp3) is 0.714. The molecule has 1 unspecified atom stereocenters. The van der Waals surface area contributed by atoms with Crippen molar-refractivity contribution in [2.45, 2.75) is 57.4 Å². The molecule has 0 amide bonds. The average molecular weight is 241 g/mol. The van der Waals surface area contributed by atoms with Crippen LogP contribution in [0.3, 0.4) is 0 Å². The van der Waals surface area contributed by atoms with E-state index in [4.69, 9.17) is 5.73 Å². The van der Waals surface area contributed by atoms with Crippen LogP contribution in [0.25, 0.3) is 0 Å². The van der Waals surface area contributed by atoms with Crippen molar-refractivity contribution < 1.29 is 8.78 Å². The summed E-state index contributed by atoms with van der Waals surface area (Å²) in [6.07, 6.45) is 8.14. The Morgan fingerprint density at radius 2 is 1.88 bits per heavy atom. The van der Waals surface area contributed by atoms with Crippen LogP contribution in [-0.2, 0) is 0 Å². The predicted octanol–water partition coefficient (Wildman–Crippen LogP) is 3.81. The van der Waals surface area contributed by atoms with Gasteiger partial charge < -0.3 is 5.73 Å². The van der Waals surface area contributed by atoms with Crippen LogP contribution in [0.2, 0.25) is 0 Å². The maximum Gasteiger partial charge on any atom is 0.266 e. The Bertz CT molecular complexity index is 372. The van der Waals surface area contributed by atoms with Crippen LogP contribution in [0, 0.1) is 5.41 Å². The Morgan fingerprint density at radius 3 is 2.47 bits per heavy atom. The van der Waals surface area contributed by atoms with E-state index in [2.05, 4.69) is 0 Å². The molecule has 2 aliphatic carbocycles. The van der Waals surface area contributed by atoms with Gasteiger partial charge in [-0.05, 0) is 26.2 Å². The minimum Gasteiger partial charge on any atom is -0.319 e. The third-order valence-corrected chi connectivity index (χ3v) is 4.83. The zero-order valence-electron chi connectivity index (χ0n) is 10.6. The van der Waals surface area contributed by atoms with Crippen molar-refractivity contribution in [3.05, 3.63) is 23.8 Å². The standard InChI is InChI=1S/C14H21F2N/c1-11-7-3-4-8-12(11,2)13(17)9-5-6-10-14(13,15)16/h3-4,7H,5-6,8-10,17H2,1-2H3/t12?,13-/m0/s1. The second kappa shape index (κ2) is 3.91. The molecular weight excluding hydrogens is 220 g/mol. The number of hydrogen-bond acceptors (Lipinski definition) is 1. The first-order valence-corrected chi connectivity index (χ1v) is 6.34. The van der Waals surface area contributed by atoms with E-state index in [-0.39, 0.29) is 6.42 Å². The molecule has 1 saturated carbocycles. The predicted molar refractivity (Wildman–Crippen MR) is 66.0 cm³/mol. The lowest BCUT2D eigenvalue weighted by Crippen LogP contribution is -2.67. The monoisotopic (exact) mass is 241 g/mol. The summed E-state index contributed by atoms with van der Waals surface area (Å²) in [7, 11) is 0. The minimum absolute atomic E-state index is 0.0733. The number of alkyl halides is 2. The molecule has 2 N–H and O–H groups in total. The molecule has 1 fully saturated rings. The van der Waals surface area contributed by atoms with Crippen LogP contribution in [0.4, 0.5) is 8.78 Å². The molecule has 0 aromatic rings. The number of hydrogen-bond donors (Lipinski definition) is 1. The molecule has 2 aliphatic rings. The summed E-state index contributed by atoms with van der Waals surface area (Å²) in [6.45, 7) is 3.81. The third kappa shape index (κ3) is 1.67. The molecule has 0 heterocycles. The summed E-state index contributed by atoms with van der Waals surface area (Å²) < 4.78 is 28.6. The van der Waals surface area contributed by atoms with E-state index in [9.17, 15) is 8.78 Å². The lowest BCUT2D eigenvalue weighted by Gasteiger charge is -2.53. The molecule has 0 radical (unpaired) electrons. The summed E-state index contributed by atoms with van der Waals surface area (Å²) in [5.41, 5.74) is 5.17. The van der Waals surface area contributed by atoms with Gasteiger partial charge in [-0.25, -0.2) is 8.78 Å². The Labute approximate surface area is 102 Å². The molecule has 17 heavy (non-hydrogen) atoms. The summed E-state index contributed by atoms with van der Waals surface area (Å²) in [5.74, 6) is -2.76. The quantitative estimate of drug-likeness (QED) is 0.742. The molecule has 3 heteroatoms. The molecule has 0 aliphatic heterocycles. The molecule has 1 nitrogen and oxygen atoms in total. The molecule has 0 saturated heterocycles. The van der Waals surface area contributed by atoms with E-state index < -0.39 is 16.9 Å². The van der Waals surface area contributed by atoms with Crippen molar-refractivity contribution in [1.82, 2.24) is 0 Å². The molecule has 0 bridgehead atoms. The number of nitrogens with two attached hydrogens (primary N) is 1. The molecule has 2 rings (SSSR count). The number of allylic oxidation sites excluding steroid dienone is 3. The highest BCUT2D eigenvalue weighted by atomic mass is 19.3. The molecule has 0 aromatic heterocycles. The van der Waals surface area contributed by atoms with Crippen molar-refractivity contribution >= 4 is 0 Å². The van der Waals surface area contributed by atoms with E-state index in [0.717, 1.165) is 12.0 Å². The van der Waals surface area contributed by atoms with Crippen molar-refractivity contribution in [2.24, 2.45) is 11.1 Å². The average Bonchev–Trinajstić information content (AvgIpc) is 2.26. The largest absolute Gasteiger partial charge is 0.319 e. The normalized spacial score (nSPS) is 41.1. The highest BCUT2D eigenvalue weighted by Gasteiger charge is 2.61. The van der Waals surface area contributed by atoms with Gasteiger partial charge in [0.25, 0.3) is 5.92 Å². The molecule has 96 valence electrons. The van der Waals surface area contributed by atoms with Gasteiger partial charge >= 0.3 is 0 Å². The van der Waals surface area contributed by atoms with Crippen LogP contribution in [-0.4, -0.2) is 11.5 Å². The van der Waals surface area contributed by atoms with Crippen LogP contribution >= 0.6 is 0 Å². The van der Waals surface area contributed by atoms with Crippen LogP contribution in [0.1, 0.15) is 46.0 Å². The lowest BCUT2D eigenvalue weighted by atomic mass is 9.57. The molecule has 2 atom stereocenters. The van der Waals surface area contributed by atoms with E-state index in [1.807, 2.05) is 32.1 Å².